The molecule has 25 heavy (non-hydrogen) atoms. The summed E-state index contributed by atoms with van der Waals surface area (Å²) < 4.78 is 59.5. The third kappa shape index (κ3) is 4.06. The minimum absolute atomic E-state index is 0.0436. The highest BCUT2D eigenvalue weighted by Crippen LogP contribution is 2.30. The van der Waals surface area contributed by atoms with Crippen molar-refractivity contribution in [2.45, 2.75) is 6.36 Å². The zero-order valence-electron chi connectivity index (χ0n) is 12.8. The summed E-state index contributed by atoms with van der Waals surface area (Å²) in [5, 5.41) is 3.33. The second kappa shape index (κ2) is 6.42. The number of benzene rings is 2. The van der Waals surface area contributed by atoms with Crippen molar-refractivity contribution in [1.82, 2.24) is 9.97 Å². The van der Waals surface area contributed by atoms with Gasteiger partial charge in [0.1, 0.15) is 29.5 Å². The number of fused-ring (bicyclic) bond motifs is 1. The number of alkyl halides is 3. The predicted octanol–water partition coefficient (Wildman–Crippen LogP) is 4.42. The molecule has 3 aromatic rings. The molecule has 9 heteroatoms. The molecule has 5 nitrogen and oxygen atoms in total. The fourth-order valence-electron chi connectivity index (χ4n) is 2.23. The van der Waals surface area contributed by atoms with Crippen LogP contribution in [0.1, 0.15) is 0 Å². The van der Waals surface area contributed by atoms with Crippen LogP contribution < -0.4 is 14.8 Å². The highest BCUT2D eigenvalue weighted by Gasteiger charge is 2.31. The summed E-state index contributed by atoms with van der Waals surface area (Å²) >= 11 is 0. The zero-order valence-corrected chi connectivity index (χ0v) is 12.8. The molecule has 0 fully saturated rings. The van der Waals surface area contributed by atoms with E-state index in [1.165, 1.54) is 13.4 Å². The quantitative estimate of drug-likeness (QED) is 0.704. The Labute approximate surface area is 139 Å². The van der Waals surface area contributed by atoms with Crippen molar-refractivity contribution in [2.75, 3.05) is 12.4 Å². The van der Waals surface area contributed by atoms with Crippen LogP contribution in [0.2, 0.25) is 0 Å². The van der Waals surface area contributed by atoms with Crippen LogP contribution in [0.5, 0.6) is 11.5 Å². The van der Waals surface area contributed by atoms with E-state index in [0.29, 0.717) is 22.7 Å². The molecule has 130 valence electrons. The van der Waals surface area contributed by atoms with Crippen LogP contribution in [-0.4, -0.2) is 23.4 Å². The number of rotatable bonds is 4. The van der Waals surface area contributed by atoms with Gasteiger partial charge in [-0.15, -0.1) is 13.2 Å². The monoisotopic (exact) mass is 353 g/mol. The van der Waals surface area contributed by atoms with Crippen molar-refractivity contribution >= 4 is 22.4 Å². The van der Waals surface area contributed by atoms with Crippen LogP contribution in [-0.2, 0) is 0 Å². The lowest BCUT2D eigenvalue weighted by atomic mass is 10.2. The Morgan fingerprint density at radius 1 is 1.00 bits per heavy atom. The Bertz CT molecular complexity index is 916. The molecule has 0 aliphatic rings. The molecule has 0 aliphatic carbocycles. The van der Waals surface area contributed by atoms with Gasteiger partial charge in [-0.3, -0.25) is 0 Å². The Morgan fingerprint density at radius 3 is 2.52 bits per heavy atom. The van der Waals surface area contributed by atoms with E-state index in [9.17, 15) is 17.6 Å². The molecule has 0 spiro atoms. The van der Waals surface area contributed by atoms with E-state index in [2.05, 4.69) is 20.0 Å². The minimum Gasteiger partial charge on any atom is -0.497 e. The lowest BCUT2D eigenvalue weighted by Crippen LogP contribution is -2.17. The van der Waals surface area contributed by atoms with Crippen LogP contribution in [0.25, 0.3) is 10.9 Å². The van der Waals surface area contributed by atoms with Crippen LogP contribution in [0, 0.1) is 5.82 Å². The molecule has 0 amide bonds. The van der Waals surface area contributed by atoms with Gasteiger partial charge in [-0.25, -0.2) is 14.4 Å². The second-order valence-electron chi connectivity index (χ2n) is 4.95. The van der Waals surface area contributed by atoms with E-state index >= 15 is 0 Å². The molecular formula is C16H11F4N3O2. The SMILES string of the molecule is COc1ccc2ncnc(Nc3cc(F)cc(OC(F)(F)F)c3)c2c1. The number of aromatic nitrogens is 2. The number of hydrogen-bond acceptors (Lipinski definition) is 5. The number of halogens is 4. The maximum Gasteiger partial charge on any atom is 0.573 e. The summed E-state index contributed by atoms with van der Waals surface area (Å²) in [7, 11) is 1.49. The highest BCUT2D eigenvalue weighted by molar-refractivity contribution is 5.91. The van der Waals surface area contributed by atoms with Gasteiger partial charge in [0, 0.05) is 23.2 Å². The Balaban J connectivity index is 1.98. The molecule has 3 rings (SSSR count). The van der Waals surface area contributed by atoms with Crippen molar-refractivity contribution in [3.05, 3.63) is 48.5 Å². The fraction of sp³-hybridized carbons (Fsp3) is 0.125. The average Bonchev–Trinajstić information content (AvgIpc) is 2.52. The summed E-state index contributed by atoms with van der Waals surface area (Å²) in [6.07, 6.45) is -3.64. The van der Waals surface area contributed by atoms with E-state index in [0.717, 1.165) is 12.1 Å². The van der Waals surface area contributed by atoms with Crippen molar-refractivity contribution in [1.29, 1.82) is 0 Å². The molecular weight excluding hydrogens is 342 g/mol. The van der Waals surface area contributed by atoms with Gasteiger partial charge in [0.05, 0.1) is 12.6 Å². The smallest absolute Gasteiger partial charge is 0.497 e. The number of nitrogens with zero attached hydrogens (tertiary/aromatic N) is 2. The van der Waals surface area contributed by atoms with Crippen LogP contribution >= 0.6 is 0 Å². The first-order valence-electron chi connectivity index (χ1n) is 6.96. The first kappa shape index (κ1) is 16.7. The van der Waals surface area contributed by atoms with Gasteiger partial charge >= 0.3 is 6.36 Å². The Hall–Kier alpha value is -3.10. The van der Waals surface area contributed by atoms with Crippen molar-refractivity contribution in [3.63, 3.8) is 0 Å². The first-order valence-corrected chi connectivity index (χ1v) is 6.96. The molecule has 0 atom stereocenters. The minimum atomic E-state index is -4.92. The molecule has 1 heterocycles. The van der Waals surface area contributed by atoms with Gasteiger partial charge in [0.25, 0.3) is 0 Å². The largest absolute Gasteiger partial charge is 0.573 e. The van der Waals surface area contributed by atoms with Crippen molar-refractivity contribution in [2.24, 2.45) is 0 Å². The third-order valence-corrected chi connectivity index (χ3v) is 3.21. The zero-order chi connectivity index (χ0) is 18.0. The molecule has 0 saturated carbocycles. The summed E-state index contributed by atoms with van der Waals surface area (Å²) in [6.45, 7) is 0. The second-order valence-corrected chi connectivity index (χ2v) is 4.95. The van der Waals surface area contributed by atoms with Gasteiger partial charge in [-0.1, -0.05) is 0 Å². The number of anilines is 2. The van der Waals surface area contributed by atoms with E-state index in [1.807, 2.05) is 0 Å². The summed E-state index contributed by atoms with van der Waals surface area (Å²) in [5.41, 5.74) is 0.628. The maximum absolute atomic E-state index is 13.6. The Morgan fingerprint density at radius 2 is 1.80 bits per heavy atom. The van der Waals surface area contributed by atoms with Gasteiger partial charge < -0.3 is 14.8 Å². The fourth-order valence-corrected chi connectivity index (χ4v) is 2.23. The highest BCUT2D eigenvalue weighted by atomic mass is 19.4. The van der Waals surface area contributed by atoms with Crippen LogP contribution in [0.15, 0.2) is 42.7 Å². The van der Waals surface area contributed by atoms with Gasteiger partial charge in [0.2, 0.25) is 0 Å². The van der Waals surface area contributed by atoms with Crippen molar-refractivity contribution < 1.29 is 27.0 Å². The summed E-state index contributed by atoms with van der Waals surface area (Å²) in [4.78, 5) is 8.14. The summed E-state index contributed by atoms with van der Waals surface area (Å²) in [6, 6.07) is 7.74. The number of hydrogen-bond donors (Lipinski definition) is 1. The molecule has 0 saturated heterocycles. The third-order valence-electron chi connectivity index (χ3n) is 3.21. The van der Waals surface area contributed by atoms with Crippen LogP contribution in [0.3, 0.4) is 0 Å². The molecule has 0 bridgehead atoms. The van der Waals surface area contributed by atoms with Crippen LogP contribution in [0.4, 0.5) is 29.1 Å². The molecule has 0 aliphatic heterocycles. The van der Waals surface area contributed by atoms with Crippen molar-refractivity contribution in [3.8, 4) is 11.5 Å². The lowest BCUT2D eigenvalue weighted by molar-refractivity contribution is -0.274. The normalized spacial score (nSPS) is 11.4. The van der Waals surface area contributed by atoms with E-state index in [1.54, 1.807) is 18.2 Å². The number of methoxy groups -OCH3 is 1. The molecule has 0 radical (unpaired) electrons. The molecule has 0 unspecified atom stereocenters. The maximum atomic E-state index is 13.6. The molecule has 1 N–H and O–H groups in total. The van der Waals surface area contributed by atoms with E-state index in [4.69, 9.17) is 4.74 Å². The molecule has 2 aromatic carbocycles. The number of nitrogens with one attached hydrogen (secondary N) is 1. The molecule has 1 aromatic heterocycles. The first-order chi connectivity index (χ1) is 11.8. The average molecular weight is 353 g/mol. The predicted molar refractivity (Wildman–Crippen MR) is 82.5 cm³/mol. The van der Waals surface area contributed by atoms with E-state index in [-0.39, 0.29) is 11.5 Å². The van der Waals surface area contributed by atoms with Gasteiger partial charge in [-0.05, 0) is 24.3 Å². The topological polar surface area (TPSA) is 56.3 Å². The van der Waals surface area contributed by atoms with Gasteiger partial charge in [0.15, 0.2) is 0 Å². The Kier molecular flexibility index (Phi) is 4.30. The van der Waals surface area contributed by atoms with Gasteiger partial charge in [-0.2, -0.15) is 0 Å². The number of ether oxygens (including phenoxy) is 2. The lowest BCUT2D eigenvalue weighted by Gasteiger charge is -2.12. The van der Waals surface area contributed by atoms with E-state index < -0.39 is 17.9 Å². The standard InChI is InChI=1S/C16H11F4N3O2/c1-24-11-2-3-14-13(7-11)15(22-8-21-14)23-10-4-9(17)5-12(6-10)25-16(18,19)20/h2-8H,1H3,(H,21,22,23). The summed E-state index contributed by atoms with van der Waals surface area (Å²) in [5.74, 6) is -0.732.